The molecule has 135 heavy (non-hydrogen) atoms. The largest absolute Gasteiger partial charge is 0.383 e. The minimum absolute atomic E-state index is 0.128. The number of halogens is 5. The maximum Gasteiger partial charge on any atom is 0.257 e. The number of likely N-dealkylation sites (tertiary alicyclic amines) is 2. The number of nitrogens with one attached hydrogen (secondary N) is 4. The topological polar surface area (TPSA) is 416 Å². The van der Waals surface area contributed by atoms with Gasteiger partial charge in [-0.15, -0.1) is 0 Å². The first-order valence-corrected chi connectivity index (χ1v) is 43.1. The number of pyridine rings is 6. The van der Waals surface area contributed by atoms with Gasteiger partial charge in [-0.25, -0.2) is 46.9 Å². The molecular weight excluding hydrogens is 1720 g/mol. The van der Waals surface area contributed by atoms with Crippen LogP contribution in [0.5, 0.6) is 0 Å². The van der Waals surface area contributed by atoms with Gasteiger partial charge >= 0.3 is 0 Å². The molecule has 6 aromatic heterocycles. The molecule has 11 aromatic carbocycles. The zero-order chi connectivity index (χ0) is 95.1. The molecule has 2 aliphatic heterocycles. The van der Waals surface area contributed by atoms with Gasteiger partial charge < -0.3 is 71.2 Å². The van der Waals surface area contributed by atoms with E-state index < -0.39 is 5.91 Å². The van der Waals surface area contributed by atoms with E-state index in [-0.39, 0.29) is 64.7 Å². The van der Waals surface area contributed by atoms with Crippen LogP contribution in [-0.4, -0.2) is 121 Å². The maximum atomic E-state index is 13.6. The summed E-state index contributed by atoms with van der Waals surface area (Å²) in [7, 11) is 2.09. The number of primary amides is 1. The number of rotatable bonds is 17. The van der Waals surface area contributed by atoms with Crippen LogP contribution in [0.4, 0.5) is 62.4 Å². The Hall–Kier alpha value is -17.0. The fourth-order valence-electron chi connectivity index (χ4n) is 15.9. The lowest BCUT2D eigenvalue weighted by atomic mass is 9.99. The molecule has 0 atom stereocenters. The number of hydrogen-bond donors (Lipinski definition) is 11. The van der Waals surface area contributed by atoms with Gasteiger partial charge in [-0.2, -0.15) is 0 Å². The van der Waals surface area contributed by atoms with Gasteiger partial charge in [0.2, 0.25) is 5.91 Å². The monoisotopic (exact) mass is 1810 g/mol. The zero-order valence-corrected chi connectivity index (χ0v) is 73.2. The van der Waals surface area contributed by atoms with Crippen LogP contribution in [-0.2, 0) is 11.3 Å². The molecule has 0 spiro atoms. The number of anilines is 7. The number of fused-ring (bicyclic) bond motifs is 5. The molecule has 25 nitrogen and oxygen atoms in total. The summed E-state index contributed by atoms with van der Waals surface area (Å²) in [5.41, 5.74) is 53.8. The van der Waals surface area contributed by atoms with Crippen molar-refractivity contribution in [2.75, 3.05) is 79.1 Å². The molecule has 0 radical (unpaired) electrons. The van der Waals surface area contributed by atoms with Gasteiger partial charge in [0.05, 0.1) is 39.7 Å². The van der Waals surface area contributed by atoms with Crippen molar-refractivity contribution >= 4 is 130 Å². The smallest absolute Gasteiger partial charge is 0.257 e. The number of carbonyl (C=O) groups excluding carboxylic acids is 6. The van der Waals surface area contributed by atoms with Crippen LogP contribution < -0.4 is 61.4 Å². The summed E-state index contributed by atoms with van der Waals surface area (Å²) in [6.45, 7) is 5.87. The van der Waals surface area contributed by atoms with Crippen LogP contribution in [0, 0.1) is 36.0 Å². The Labute approximate surface area is 772 Å². The lowest BCUT2D eigenvalue weighted by Gasteiger charge is -2.29. The zero-order valence-electron chi connectivity index (χ0n) is 73.2. The Morgan fingerprint density at radius 3 is 1.02 bits per heavy atom. The van der Waals surface area contributed by atoms with Crippen molar-refractivity contribution in [3.63, 3.8) is 0 Å². The van der Waals surface area contributed by atoms with Crippen LogP contribution in [0.1, 0.15) is 88.7 Å². The Morgan fingerprint density at radius 2 is 0.696 bits per heavy atom. The summed E-state index contributed by atoms with van der Waals surface area (Å²) >= 11 is 0. The van der Waals surface area contributed by atoms with Crippen molar-refractivity contribution in [3.05, 3.63) is 354 Å². The van der Waals surface area contributed by atoms with E-state index in [4.69, 9.17) is 40.1 Å². The summed E-state index contributed by atoms with van der Waals surface area (Å²) in [5.74, 6) is -1.43. The highest BCUT2D eigenvalue weighted by Crippen LogP contribution is 2.37. The first kappa shape index (κ1) is 92.7. The van der Waals surface area contributed by atoms with Gasteiger partial charge in [0.15, 0.2) is 0 Å². The lowest BCUT2D eigenvalue weighted by Crippen LogP contribution is -2.43. The van der Waals surface area contributed by atoms with E-state index in [0.29, 0.717) is 143 Å². The number of nitrogen functional groups attached to an aromatic ring is 5. The van der Waals surface area contributed by atoms with E-state index in [9.17, 15) is 50.7 Å². The van der Waals surface area contributed by atoms with E-state index in [1.807, 2.05) is 104 Å². The second kappa shape index (κ2) is 41.8. The fourth-order valence-corrected chi connectivity index (χ4v) is 15.9. The Bertz CT molecular complexity index is 7390. The molecule has 17 aromatic rings. The van der Waals surface area contributed by atoms with Crippen molar-refractivity contribution in [3.8, 4) is 55.6 Å². The molecule has 8 heterocycles. The number of aryl methyl sites for hydroxylation is 1. The number of aromatic nitrogens is 6. The van der Waals surface area contributed by atoms with Gasteiger partial charge in [-0.1, -0.05) is 133 Å². The van der Waals surface area contributed by atoms with Gasteiger partial charge in [0.1, 0.15) is 58.2 Å². The average molecular weight is 1810 g/mol. The maximum absolute atomic E-state index is 13.6. The predicted molar refractivity (Wildman–Crippen MR) is 522 cm³/mol. The Balaban J connectivity index is 0.000000129. The minimum Gasteiger partial charge on any atom is -0.383 e. The SMILES string of the molecule is CN1CCC(NC(=O)c2cnc(N)c3cc(-c4cccc(F)c4)ccc23)CC1.Cc1ccc(NC(=O)c2cnc(N)c3cc(-c4cccc(F)c4)ccc23)cn1.NC(=O)c1cnc(N)c2cc(-c3cccc(F)c3)ccc12.NCc1ccc(NC(=O)c2cnc(N)c3cc(-c4cccc(F)c4)ccc23)cc1.Nc1ncc(C(=O)NCCN2CCCC2=O)c2ccc(-c3cccc(F)c3)cc12. The minimum atomic E-state index is -0.564. The highest BCUT2D eigenvalue weighted by Gasteiger charge is 2.25. The predicted octanol–water partition coefficient (Wildman–Crippen LogP) is 18.1. The van der Waals surface area contributed by atoms with Gasteiger partial charge in [0.25, 0.3) is 29.5 Å². The number of hydrogen-bond acceptors (Lipinski definition) is 19. The van der Waals surface area contributed by atoms with E-state index in [1.165, 1.54) is 91.6 Å². The Morgan fingerprint density at radius 1 is 0.370 bits per heavy atom. The second-order valence-corrected chi connectivity index (χ2v) is 32.3. The second-order valence-electron chi connectivity index (χ2n) is 32.3. The first-order chi connectivity index (χ1) is 65.1. The number of amides is 6. The molecule has 30 heteroatoms. The fraction of sp³-hybridized carbons (Fsp3) is 0.124. The van der Waals surface area contributed by atoms with Gasteiger partial charge in [-0.3, -0.25) is 33.8 Å². The van der Waals surface area contributed by atoms with Crippen molar-refractivity contribution in [1.29, 1.82) is 0 Å². The molecule has 19 rings (SSSR count). The molecule has 6 amide bonds. The normalized spacial score (nSPS) is 12.4. The van der Waals surface area contributed by atoms with Crippen molar-refractivity contribution in [2.45, 2.75) is 45.2 Å². The summed E-state index contributed by atoms with van der Waals surface area (Å²) in [6, 6.07) is 69.9. The third-order valence-corrected chi connectivity index (χ3v) is 23.1. The molecule has 0 aliphatic carbocycles. The number of nitrogens with zero attached hydrogens (tertiary/aromatic N) is 8. The van der Waals surface area contributed by atoms with E-state index in [0.717, 1.165) is 111 Å². The third kappa shape index (κ3) is 22.4. The lowest BCUT2D eigenvalue weighted by molar-refractivity contribution is -0.127. The molecule has 2 fully saturated rings. The standard InChI is InChI=1S/C23H19FN4O.C22H21FN4O2.C22H17FN4O.C22H23FN4O.C16H12FN3O/c24-17-3-1-2-15(10-17)16-6-9-19-20(11-16)22(26)27-13-21(19)23(29)28-18-7-4-14(12-25)5-8-18;23-16-4-1-3-14(11-16)15-6-7-17-18(12-15)21(24)26-13-19(17)22(29)25-8-10-27-9-2-5-20(27)28;1-13-5-7-17(11-25-13)27-22(28)20-12-26-21(24)19-10-15(6-8-18(19)20)14-3-2-4-16(23)9-14;1-27-9-7-17(8-10-27)26-22(28)20-13-25-21(24)19-12-15(5-6-18(19)20)14-3-2-4-16(23)11-14;17-11-3-1-2-9(6-11)10-4-5-12-13(7-10)15(18)20-8-14(12)16(19)21/h1-11,13H,12,25H2,(H2,26,27)(H,28,29);1,3-4,6-7,11-13H,2,5,8-10H2,(H2,24,26)(H,25,29);2-12H,1H3,(H2,24,26)(H,27,28);2-6,11-13,17H,7-10H2,1H3,(H2,24,25)(H,26,28);1-8H,(H2,18,20)(H2,19,21). The van der Waals surface area contributed by atoms with E-state index in [1.54, 1.807) is 102 Å². The van der Waals surface area contributed by atoms with Crippen molar-refractivity contribution < 1.29 is 50.7 Å². The highest BCUT2D eigenvalue weighted by molar-refractivity contribution is 6.17. The average Bonchev–Trinajstić information content (AvgIpc) is 1.00. The number of carbonyl (C=O) groups is 6. The molecule has 678 valence electrons. The van der Waals surface area contributed by atoms with Crippen LogP contribution in [0.2, 0.25) is 0 Å². The van der Waals surface area contributed by atoms with E-state index in [2.05, 4.69) is 63.1 Å². The van der Waals surface area contributed by atoms with Crippen LogP contribution in [0.15, 0.2) is 286 Å². The number of benzene rings is 11. The van der Waals surface area contributed by atoms with Crippen molar-refractivity contribution in [1.82, 2.24) is 50.3 Å². The van der Waals surface area contributed by atoms with E-state index >= 15 is 0 Å². The third-order valence-electron chi connectivity index (χ3n) is 23.1. The molecule has 2 saturated heterocycles. The summed E-state index contributed by atoms with van der Waals surface area (Å²) < 4.78 is 67.6. The Kier molecular flexibility index (Phi) is 28.7. The number of piperidine rings is 1. The summed E-state index contributed by atoms with van der Waals surface area (Å²) in [6.07, 6.45) is 12.2. The van der Waals surface area contributed by atoms with Gasteiger partial charge in [-0.05, 0) is 250 Å². The van der Waals surface area contributed by atoms with Gasteiger partial charge in [0, 0.05) is 108 Å². The highest BCUT2D eigenvalue weighted by atomic mass is 19.1. The summed E-state index contributed by atoms with van der Waals surface area (Å²) in [5, 5.41) is 18.3. The molecule has 0 unspecified atom stereocenters. The molecule has 0 bridgehead atoms. The van der Waals surface area contributed by atoms with Crippen LogP contribution >= 0.6 is 0 Å². The molecule has 18 N–H and O–H groups in total. The van der Waals surface area contributed by atoms with Crippen LogP contribution in [0.3, 0.4) is 0 Å². The molecular formula is C105H92F5N19O6. The first-order valence-electron chi connectivity index (χ1n) is 43.1. The molecule has 0 saturated carbocycles. The molecule has 2 aliphatic rings. The summed E-state index contributed by atoms with van der Waals surface area (Å²) in [4.78, 5) is 103. The quantitative estimate of drug-likeness (QED) is 0.0377. The van der Waals surface area contributed by atoms with Crippen LogP contribution in [0.25, 0.3) is 109 Å². The van der Waals surface area contributed by atoms with Crippen molar-refractivity contribution in [2.24, 2.45) is 11.5 Å². The number of nitrogens with two attached hydrogens (primary N) is 7.